The van der Waals surface area contributed by atoms with Crippen LogP contribution in [0.2, 0.25) is 5.02 Å². The van der Waals surface area contributed by atoms with Crippen LogP contribution in [0, 0.1) is 0 Å². The van der Waals surface area contributed by atoms with Gasteiger partial charge in [-0.1, -0.05) is 29.8 Å². The fraction of sp³-hybridized carbons (Fsp3) is 0.294. The van der Waals surface area contributed by atoms with E-state index in [1.54, 1.807) is 7.11 Å². The van der Waals surface area contributed by atoms with Crippen LogP contribution in [0.4, 0.5) is 0 Å². The molecule has 112 valence electrons. The maximum atomic E-state index is 6.07. The van der Waals surface area contributed by atoms with Gasteiger partial charge in [0.05, 0.1) is 11.6 Å². The quantitative estimate of drug-likeness (QED) is 0.709. The van der Waals surface area contributed by atoms with Gasteiger partial charge in [-0.3, -0.25) is 4.90 Å². The maximum absolute atomic E-state index is 6.07. The lowest BCUT2D eigenvalue weighted by Crippen LogP contribution is -2.21. The summed E-state index contributed by atoms with van der Waals surface area (Å²) in [6.45, 7) is 3.04. The molecule has 0 aliphatic rings. The fourth-order valence-corrected chi connectivity index (χ4v) is 3.04. The summed E-state index contributed by atoms with van der Waals surface area (Å²) in [6.07, 6.45) is 0. The maximum Gasteiger partial charge on any atom is 0.133 e. The molecule has 0 radical (unpaired) electrons. The van der Waals surface area contributed by atoms with Crippen LogP contribution < -0.4 is 4.74 Å². The number of rotatable bonds is 5. The highest BCUT2D eigenvalue weighted by Crippen LogP contribution is 2.28. The fourth-order valence-electron chi connectivity index (χ4n) is 2.25. The van der Waals surface area contributed by atoms with Crippen LogP contribution >= 0.6 is 27.5 Å². The van der Waals surface area contributed by atoms with Crippen LogP contribution in [0.3, 0.4) is 0 Å². The number of hydrogen-bond donors (Lipinski definition) is 0. The third-order valence-electron chi connectivity index (χ3n) is 3.64. The van der Waals surface area contributed by atoms with Gasteiger partial charge in [-0.2, -0.15) is 0 Å². The molecule has 21 heavy (non-hydrogen) atoms. The first-order valence-corrected chi connectivity index (χ1v) is 7.96. The summed E-state index contributed by atoms with van der Waals surface area (Å²) in [4.78, 5) is 2.29. The molecule has 0 aliphatic carbocycles. The lowest BCUT2D eigenvalue weighted by molar-refractivity contribution is 0.253. The van der Waals surface area contributed by atoms with Gasteiger partial charge < -0.3 is 4.74 Å². The second-order valence-electron chi connectivity index (χ2n) is 5.11. The number of ether oxygens (including phenoxy) is 1. The standard InChI is InChI=1S/C17H19BrClNO/c1-12(14-5-4-6-15(19)10-14)20(2)11-13-7-8-17(21-3)16(18)9-13/h4-10,12H,11H2,1-3H3. The smallest absolute Gasteiger partial charge is 0.133 e. The zero-order valence-electron chi connectivity index (χ0n) is 12.4. The molecule has 0 N–H and O–H groups in total. The predicted molar refractivity (Wildman–Crippen MR) is 92.0 cm³/mol. The molecule has 4 heteroatoms. The molecule has 2 rings (SSSR count). The van der Waals surface area contributed by atoms with E-state index in [-0.39, 0.29) is 0 Å². The number of nitrogens with zero attached hydrogens (tertiary/aromatic N) is 1. The van der Waals surface area contributed by atoms with Crippen LogP contribution in [0.15, 0.2) is 46.9 Å². The Hall–Kier alpha value is -1.03. The van der Waals surface area contributed by atoms with Crippen molar-refractivity contribution in [2.24, 2.45) is 0 Å². The Morgan fingerprint density at radius 1 is 1.24 bits per heavy atom. The molecule has 2 nitrogen and oxygen atoms in total. The van der Waals surface area contributed by atoms with E-state index in [1.165, 1.54) is 11.1 Å². The highest BCUT2D eigenvalue weighted by atomic mass is 79.9. The average Bonchev–Trinajstić information content (AvgIpc) is 2.46. The molecule has 0 spiro atoms. The Balaban J connectivity index is 2.10. The van der Waals surface area contributed by atoms with E-state index in [9.17, 15) is 0 Å². The summed E-state index contributed by atoms with van der Waals surface area (Å²) in [5.41, 5.74) is 2.46. The molecule has 0 heterocycles. The Morgan fingerprint density at radius 3 is 2.62 bits per heavy atom. The molecule has 2 aromatic carbocycles. The molecule has 0 saturated carbocycles. The molecular weight excluding hydrogens is 350 g/mol. The third kappa shape index (κ3) is 4.22. The van der Waals surface area contributed by atoms with Crippen LogP contribution in [0.5, 0.6) is 5.75 Å². The molecule has 2 aromatic rings. The van der Waals surface area contributed by atoms with E-state index >= 15 is 0 Å². The molecular formula is C17H19BrClNO. The number of hydrogen-bond acceptors (Lipinski definition) is 2. The summed E-state index contributed by atoms with van der Waals surface area (Å²) in [5, 5.41) is 0.778. The number of halogens is 2. The molecule has 0 aliphatic heterocycles. The Morgan fingerprint density at radius 2 is 2.00 bits per heavy atom. The molecule has 0 aromatic heterocycles. The van der Waals surface area contributed by atoms with Crippen molar-refractivity contribution in [1.29, 1.82) is 0 Å². The van der Waals surface area contributed by atoms with Gasteiger partial charge in [0, 0.05) is 17.6 Å². The van der Waals surface area contributed by atoms with Gasteiger partial charge in [0.1, 0.15) is 5.75 Å². The molecule has 0 amide bonds. The minimum absolute atomic E-state index is 0.296. The normalized spacial score (nSPS) is 12.5. The lowest BCUT2D eigenvalue weighted by atomic mass is 10.1. The van der Waals surface area contributed by atoms with Crippen molar-refractivity contribution >= 4 is 27.5 Å². The van der Waals surface area contributed by atoms with E-state index in [2.05, 4.69) is 53.0 Å². The molecule has 0 saturated heterocycles. The van der Waals surface area contributed by atoms with Crippen LogP contribution in [0.25, 0.3) is 0 Å². The minimum atomic E-state index is 0.296. The zero-order chi connectivity index (χ0) is 15.4. The molecule has 0 fully saturated rings. The van der Waals surface area contributed by atoms with Crippen molar-refractivity contribution in [3.8, 4) is 5.75 Å². The van der Waals surface area contributed by atoms with Gasteiger partial charge in [0.25, 0.3) is 0 Å². The van der Waals surface area contributed by atoms with Gasteiger partial charge in [-0.05, 0) is 65.3 Å². The summed E-state index contributed by atoms with van der Waals surface area (Å²) >= 11 is 9.60. The molecule has 1 atom stereocenters. The molecule has 1 unspecified atom stereocenters. The van der Waals surface area contributed by atoms with Gasteiger partial charge in [-0.25, -0.2) is 0 Å². The van der Waals surface area contributed by atoms with E-state index < -0.39 is 0 Å². The zero-order valence-corrected chi connectivity index (χ0v) is 14.8. The van der Waals surface area contributed by atoms with Crippen molar-refractivity contribution in [3.63, 3.8) is 0 Å². The van der Waals surface area contributed by atoms with Crippen molar-refractivity contribution < 1.29 is 4.74 Å². The molecule has 0 bridgehead atoms. The van der Waals surface area contributed by atoms with Gasteiger partial charge >= 0.3 is 0 Å². The Kier molecular flexibility index (Phi) is 5.68. The average molecular weight is 369 g/mol. The van der Waals surface area contributed by atoms with E-state index in [4.69, 9.17) is 16.3 Å². The minimum Gasteiger partial charge on any atom is -0.496 e. The SMILES string of the molecule is COc1ccc(CN(C)C(C)c2cccc(Cl)c2)cc1Br. The second kappa shape index (κ2) is 7.30. The van der Waals surface area contributed by atoms with E-state index in [1.807, 2.05) is 24.3 Å². The van der Waals surface area contributed by atoms with Gasteiger partial charge in [-0.15, -0.1) is 0 Å². The largest absolute Gasteiger partial charge is 0.496 e. The van der Waals surface area contributed by atoms with Gasteiger partial charge in [0.2, 0.25) is 0 Å². The monoisotopic (exact) mass is 367 g/mol. The summed E-state index contributed by atoms with van der Waals surface area (Å²) in [7, 11) is 3.79. The predicted octanol–water partition coefficient (Wildman–Crippen LogP) is 5.30. The topological polar surface area (TPSA) is 12.5 Å². The first kappa shape index (κ1) is 16.3. The first-order valence-electron chi connectivity index (χ1n) is 6.79. The highest BCUT2D eigenvalue weighted by Gasteiger charge is 2.13. The Labute approximate surface area is 139 Å². The van der Waals surface area contributed by atoms with Crippen LogP contribution in [0.1, 0.15) is 24.1 Å². The van der Waals surface area contributed by atoms with E-state index in [0.717, 1.165) is 21.8 Å². The van der Waals surface area contributed by atoms with Crippen molar-refractivity contribution in [2.45, 2.75) is 19.5 Å². The summed E-state index contributed by atoms with van der Waals surface area (Å²) < 4.78 is 6.24. The van der Waals surface area contributed by atoms with Crippen LogP contribution in [-0.2, 0) is 6.54 Å². The third-order valence-corrected chi connectivity index (χ3v) is 4.50. The Bertz CT molecular complexity index is 617. The summed E-state index contributed by atoms with van der Waals surface area (Å²) in [5.74, 6) is 0.851. The number of methoxy groups -OCH3 is 1. The van der Waals surface area contributed by atoms with Crippen molar-refractivity contribution in [2.75, 3.05) is 14.2 Å². The lowest BCUT2D eigenvalue weighted by Gasteiger charge is -2.25. The van der Waals surface area contributed by atoms with Gasteiger partial charge in [0.15, 0.2) is 0 Å². The summed E-state index contributed by atoms with van der Waals surface area (Å²) in [6, 6.07) is 14.5. The van der Waals surface area contributed by atoms with E-state index in [0.29, 0.717) is 6.04 Å². The van der Waals surface area contributed by atoms with Crippen molar-refractivity contribution in [1.82, 2.24) is 4.90 Å². The highest BCUT2D eigenvalue weighted by molar-refractivity contribution is 9.10. The van der Waals surface area contributed by atoms with Crippen LogP contribution in [-0.4, -0.2) is 19.1 Å². The van der Waals surface area contributed by atoms with Crippen molar-refractivity contribution in [3.05, 3.63) is 63.1 Å². The number of benzene rings is 2. The first-order chi connectivity index (χ1) is 10.0. The second-order valence-corrected chi connectivity index (χ2v) is 6.41.